The quantitative estimate of drug-likeness (QED) is 0.912. The van der Waals surface area contributed by atoms with E-state index in [2.05, 4.69) is 15.6 Å². The fraction of sp³-hybridized carbons (Fsp3) is 0.333. The lowest BCUT2D eigenvalue weighted by Gasteiger charge is -2.21. The minimum Gasteiger partial charge on any atom is -0.317 e. The first-order chi connectivity index (χ1) is 9.84. The van der Waals surface area contributed by atoms with E-state index in [1.54, 1.807) is 5.51 Å². The predicted molar refractivity (Wildman–Crippen MR) is 89.0 cm³/mol. The lowest BCUT2D eigenvalue weighted by Crippen LogP contribution is -2.34. The molecule has 2 N–H and O–H groups in total. The number of hydrogen-bond donors (Lipinski definition) is 2. The maximum absolute atomic E-state index is 12.3. The number of halogens is 1. The highest BCUT2D eigenvalue weighted by Gasteiger charge is 2.22. The van der Waals surface area contributed by atoms with Crippen molar-refractivity contribution in [3.63, 3.8) is 0 Å². The third-order valence-electron chi connectivity index (χ3n) is 3.56. The Labute approximate surface area is 134 Å². The summed E-state index contributed by atoms with van der Waals surface area (Å²) in [4.78, 5) is 16.7. The molecule has 0 saturated carbocycles. The highest BCUT2D eigenvalue weighted by atomic mass is 35.5. The molecule has 1 aromatic carbocycles. The van der Waals surface area contributed by atoms with Crippen LogP contribution in [0.3, 0.4) is 0 Å². The van der Waals surface area contributed by atoms with Gasteiger partial charge in [0, 0.05) is 11.5 Å². The number of anilines is 1. The topological polar surface area (TPSA) is 54.0 Å². The summed E-state index contributed by atoms with van der Waals surface area (Å²) in [6.45, 7) is 1.85. The van der Waals surface area contributed by atoms with Gasteiger partial charge in [0.1, 0.15) is 10.7 Å². The van der Waals surface area contributed by atoms with Crippen molar-refractivity contribution in [3.05, 3.63) is 35.8 Å². The van der Waals surface area contributed by atoms with Crippen molar-refractivity contribution in [2.75, 3.05) is 18.4 Å². The van der Waals surface area contributed by atoms with E-state index in [0.717, 1.165) is 42.2 Å². The number of piperidine rings is 1. The van der Waals surface area contributed by atoms with E-state index in [9.17, 15) is 4.79 Å². The van der Waals surface area contributed by atoms with Gasteiger partial charge in [0.05, 0.1) is 5.51 Å². The van der Waals surface area contributed by atoms with E-state index in [1.807, 2.05) is 30.3 Å². The van der Waals surface area contributed by atoms with Gasteiger partial charge >= 0.3 is 0 Å². The fourth-order valence-electron chi connectivity index (χ4n) is 2.43. The Hall–Kier alpha value is -1.43. The zero-order valence-electron chi connectivity index (χ0n) is 11.5. The van der Waals surface area contributed by atoms with Gasteiger partial charge in [-0.1, -0.05) is 30.3 Å². The summed E-state index contributed by atoms with van der Waals surface area (Å²) in [5.41, 5.74) is 3.67. The van der Waals surface area contributed by atoms with Gasteiger partial charge in [-0.25, -0.2) is 4.98 Å². The summed E-state index contributed by atoms with van der Waals surface area (Å²) >= 11 is 1.48. The van der Waals surface area contributed by atoms with Crippen LogP contribution < -0.4 is 10.6 Å². The van der Waals surface area contributed by atoms with Crippen molar-refractivity contribution < 1.29 is 4.79 Å². The molecule has 2 aromatic rings. The molecule has 0 unspecified atom stereocenters. The van der Waals surface area contributed by atoms with Crippen LogP contribution in [0.4, 0.5) is 5.00 Å². The predicted octanol–water partition coefficient (Wildman–Crippen LogP) is 3.17. The van der Waals surface area contributed by atoms with Crippen LogP contribution in [0, 0.1) is 5.92 Å². The molecule has 0 bridgehead atoms. The number of amides is 1. The lowest BCUT2D eigenvalue weighted by atomic mass is 9.97. The molecule has 0 radical (unpaired) electrons. The van der Waals surface area contributed by atoms with Crippen LogP contribution in [0.1, 0.15) is 12.8 Å². The molecule has 1 aliphatic heterocycles. The molecule has 0 spiro atoms. The summed E-state index contributed by atoms with van der Waals surface area (Å²) in [7, 11) is 0. The zero-order valence-corrected chi connectivity index (χ0v) is 13.2. The van der Waals surface area contributed by atoms with E-state index in [-0.39, 0.29) is 24.2 Å². The largest absolute Gasteiger partial charge is 0.317 e. The monoisotopic (exact) mass is 323 g/mol. The van der Waals surface area contributed by atoms with Crippen molar-refractivity contribution in [3.8, 4) is 11.3 Å². The van der Waals surface area contributed by atoms with Gasteiger partial charge < -0.3 is 10.6 Å². The maximum Gasteiger partial charge on any atom is 0.228 e. The summed E-state index contributed by atoms with van der Waals surface area (Å²) in [5, 5.41) is 7.17. The van der Waals surface area contributed by atoms with Gasteiger partial charge in [-0.2, -0.15) is 0 Å². The van der Waals surface area contributed by atoms with Crippen molar-refractivity contribution in [1.29, 1.82) is 0 Å². The van der Waals surface area contributed by atoms with Crippen molar-refractivity contribution in [2.24, 2.45) is 5.92 Å². The average Bonchev–Trinajstić information content (AvgIpc) is 2.97. The number of aromatic nitrogens is 1. The Morgan fingerprint density at radius 2 is 1.95 bits per heavy atom. The van der Waals surface area contributed by atoms with Gasteiger partial charge in [0.15, 0.2) is 0 Å². The van der Waals surface area contributed by atoms with E-state index >= 15 is 0 Å². The van der Waals surface area contributed by atoms with E-state index < -0.39 is 0 Å². The second kappa shape index (κ2) is 7.54. The molecule has 2 heterocycles. The SMILES string of the molecule is Cl.O=C(Nc1scnc1-c1ccccc1)C1CCNCC1. The van der Waals surface area contributed by atoms with Crippen molar-refractivity contribution in [2.45, 2.75) is 12.8 Å². The number of hydrogen-bond acceptors (Lipinski definition) is 4. The number of carbonyl (C=O) groups is 1. The second-order valence-electron chi connectivity index (χ2n) is 4.91. The molecule has 1 amide bonds. The minimum atomic E-state index is 0. The Morgan fingerprint density at radius 1 is 1.24 bits per heavy atom. The number of nitrogens with one attached hydrogen (secondary N) is 2. The number of carbonyl (C=O) groups excluding carboxylic acids is 1. The molecule has 4 nitrogen and oxygen atoms in total. The average molecular weight is 324 g/mol. The Morgan fingerprint density at radius 3 is 2.67 bits per heavy atom. The van der Waals surface area contributed by atoms with Crippen LogP contribution in [-0.2, 0) is 4.79 Å². The molecule has 1 saturated heterocycles. The van der Waals surface area contributed by atoms with Gasteiger partial charge in [0.25, 0.3) is 0 Å². The molecule has 112 valence electrons. The molecule has 1 aliphatic rings. The molecule has 6 heteroatoms. The third kappa shape index (κ3) is 3.81. The first-order valence-electron chi connectivity index (χ1n) is 6.85. The van der Waals surface area contributed by atoms with Gasteiger partial charge in [-0.05, 0) is 25.9 Å². The van der Waals surface area contributed by atoms with E-state index in [1.165, 1.54) is 11.3 Å². The Balaban J connectivity index is 0.00000161. The molecule has 0 atom stereocenters. The van der Waals surface area contributed by atoms with Crippen LogP contribution in [0.2, 0.25) is 0 Å². The van der Waals surface area contributed by atoms with E-state index in [0.29, 0.717) is 0 Å². The lowest BCUT2D eigenvalue weighted by molar-refractivity contribution is -0.120. The van der Waals surface area contributed by atoms with E-state index in [4.69, 9.17) is 0 Å². The molecule has 0 aliphatic carbocycles. The molecule has 1 aromatic heterocycles. The van der Waals surface area contributed by atoms with Crippen LogP contribution in [0.5, 0.6) is 0 Å². The maximum atomic E-state index is 12.3. The molecule has 1 fully saturated rings. The summed E-state index contributed by atoms with van der Waals surface area (Å²) < 4.78 is 0. The van der Waals surface area contributed by atoms with Crippen molar-refractivity contribution >= 4 is 34.7 Å². The summed E-state index contributed by atoms with van der Waals surface area (Å²) in [6, 6.07) is 9.95. The normalized spacial score (nSPS) is 15.2. The van der Waals surface area contributed by atoms with Gasteiger partial charge in [-0.15, -0.1) is 23.7 Å². The second-order valence-corrected chi connectivity index (χ2v) is 5.76. The molecule has 21 heavy (non-hydrogen) atoms. The van der Waals surface area contributed by atoms with Crippen molar-refractivity contribution in [1.82, 2.24) is 10.3 Å². The number of thiazole rings is 1. The third-order valence-corrected chi connectivity index (χ3v) is 4.30. The fourth-order valence-corrected chi connectivity index (χ4v) is 3.14. The zero-order chi connectivity index (χ0) is 13.8. The summed E-state index contributed by atoms with van der Waals surface area (Å²) in [5.74, 6) is 0.231. The minimum absolute atomic E-state index is 0. The van der Waals surface area contributed by atoms with Gasteiger partial charge in [0.2, 0.25) is 5.91 Å². The number of benzene rings is 1. The first kappa shape index (κ1) is 15.9. The highest BCUT2D eigenvalue weighted by Crippen LogP contribution is 2.31. The van der Waals surface area contributed by atoms with Crippen LogP contribution in [0.25, 0.3) is 11.3 Å². The molecular weight excluding hydrogens is 306 g/mol. The van der Waals surface area contributed by atoms with Crippen LogP contribution in [0.15, 0.2) is 35.8 Å². The Kier molecular flexibility index (Phi) is 5.73. The van der Waals surface area contributed by atoms with Gasteiger partial charge in [-0.3, -0.25) is 4.79 Å². The van der Waals surface area contributed by atoms with Crippen LogP contribution in [-0.4, -0.2) is 24.0 Å². The standard InChI is InChI=1S/C15H17N3OS.ClH/c19-14(12-6-8-16-9-7-12)18-15-13(17-10-20-15)11-4-2-1-3-5-11;/h1-5,10,12,16H,6-9H2,(H,18,19);1H. The first-order valence-corrected chi connectivity index (χ1v) is 7.73. The number of rotatable bonds is 3. The molecular formula is C15H18ClN3OS. The smallest absolute Gasteiger partial charge is 0.228 e. The summed E-state index contributed by atoms with van der Waals surface area (Å²) in [6.07, 6.45) is 1.82. The Bertz CT molecular complexity index is 582. The highest BCUT2D eigenvalue weighted by molar-refractivity contribution is 7.14. The van der Waals surface area contributed by atoms with Crippen LogP contribution >= 0.6 is 23.7 Å². The molecule has 3 rings (SSSR count). The number of nitrogens with zero attached hydrogens (tertiary/aromatic N) is 1.